The summed E-state index contributed by atoms with van der Waals surface area (Å²) in [6, 6.07) is 10.9. The number of aromatic nitrogens is 2. The van der Waals surface area contributed by atoms with Crippen molar-refractivity contribution in [3.8, 4) is 11.4 Å². The van der Waals surface area contributed by atoms with Crippen molar-refractivity contribution in [2.45, 2.75) is 0 Å². The number of hydrogen-bond acceptors (Lipinski definition) is 4. The maximum absolute atomic E-state index is 11.2. The van der Waals surface area contributed by atoms with Gasteiger partial charge in [0, 0.05) is 36.7 Å². The summed E-state index contributed by atoms with van der Waals surface area (Å²) < 4.78 is 3.45. The Morgan fingerprint density at radius 1 is 0.917 bits per heavy atom. The van der Waals surface area contributed by atoms with Gasteiger partial charge in [-0.1, -0.05) is 0 Å². The fourth-order valence-electron chi connectivity index (χ4n) is 2.25. The molecule has 3 aromatic rings. The van der Waals surface area contributed by atoms with Crippen molar-refractivity contribution in [2.75, 3.05) is 0 Å². The molecule has 0 aliphatic rings. The lowest BCUT2D eigenvalue weighted by atomic mass is 10.2. The molecule has 2 aromatic heterocycles. The molecule has 0 N–H and O–H groups in total. The highest BCUT2D eigenvalue weighted by Crippen LogP contribution is 2.24. The van der Waals surface area contributed by atoms with Crippen LogP contribution in [-0.4, -0.2) is 14.4 Å². The van der Waals surface area contributed by atoms with Crippen molar-refractivity contribution in [1.29, 1.82) is 0 Å². The van der Waals surface area contributed by atoms with E-state index >= 15 is 0 Å². The van der Waals surface area contributed by atoms with Gasteiger partial charge < -0.3 is 17.0 Å². The van der Waals surface area contributed by atoms with Crippen molar-refractivity contribution in [3.63, 3.8) is 0 Å². The van der Waals surface area contributed by atoms with Crippen molar-refractivity contribution in [1.82, 2.24) is 4.57 Å². The first-order valence-electron chi connectivity index (χ1n) is 6.64. The van der Waals surface area contributed by atoms with Gasteiger partial charge in [0.15, 0.2) is 12.4 Å². The van der Waals surface area contributed by atoms with E-state index in [2.05, 4.69) is 0 Å². The fourth-order valence-corrected chi connectivity index (χ4v) is 2.25. The highest BCUT2D eigenvalue weighted by Gasteiger charge is 2.25. The van der Waals surface area contributed by atoms with E-state index in [-0.39, 0.29) is 29.5 Å². The molecule has 0 unspecified atom stereocenters. The van der Waals surface area contributed by atoms with Gasteiger partial charge in [0.25, 0.3) is 11.4 Å². The molecule has 0 spiro atoms. The Hall–Kier alpha value is -3.26. The van der Waals surface area contributed by atoms with Crippen LogP contribution in [0, 0.1) is 20.2 Å². The first kappa shape index (κ1) is 17.1. The monoisotopic (exact) mass is 346 g/mol. The summed E-state index contributed by atoms with van der Waals surface area (Å²) in [6.45, 7) is 0. The number of halogens is 1. The number of rotatable bonds is 4. The molecule has 9 heteroatoms. The van der Waals surface area contributed by atoms with Gasteiger partial charge in [-0.05, 0) is 12.1 Å². The van der Waals surface area contributed by atoms with Crippen LogP contribution in [0.3, 0.4) is 0 Å². The summed E-state index contributed by atoms with van der Waals surface area (Å²) in [5.74, 6) is 0. The number of benzene rings is 1. The molecule has 0 aliphatic heterocycles. The second-order valence-corrected chi connectivity index (χ2v) is 4.74. The van der Waals surface area contributed by atoms with Gasteiger partial charge >= 0.3 is 5.69 Å². The zero-order valence-electron chi connectivity index (χ0n) is 12.2. The number of nitrogens with zero attached hydrogens (tertiary/aromatic N) is 4. The minimum absolute atomic E-state index is 0. The van der Waals surface area contributed by atoms with Crippen LogP contribution in [0.2, 0.25) is 0 Å². The van der Waals surface area contributed by atoms with Gasteiger partial charge in [0.05, 0.1) is 15.5 Å². The quantitative estimate of drug-likeness (QED) is 0.364. The summed E-state index contributed by atoms with van der Waals surface area (Å²) in [4.78, 5) is 20.7. The largest absolute Gasteiger partial charge is 1.00 e. The summed E-state index contributed by atoms with van der Waals surface area (Å²) >= 11 is 0. The van der Waals surface area contributed by atoms with Crippen LogP contribution in [0.15, 0.2) is 67.3 Å². The third-order valence-corrected chi connectivity index (χ3v) is 3.36. The molecule has 0 aliphatic carbocycles. The average molecular weight is 347 g/mol. The van der Waals surface area contributed by atoms with Crippen LogP contribution in [0.25, 0.3) is 11.4 Å². The molecule has 0 amide bonds. The van der Waals surface area contributed by atoms with Gasteiger partial charge in [-0.3, -0.25) is 20.2 Å². The Balaban J connectivity index is 0.00000208. The third-order valence-electron chi connectivity index (χ3n) is 3.36. The van der Waals surface area contributed by atoms with Crippen molar-refractivity contribution >= 4 is 11.4 Å². The Labute approximate surface area is 142 Å². The molecule has 24 heavy (non-hydrogen) atoms. The normalized spacial score (nSPS) is 10.0. The van der Waals surface area contributed by atoms with Gasteiger partial charge in [-0.2, -0.15) is 4.57 Å². The number of non-ortho nitro benzene ring substituents is 1. The summed E-state index contributed by atoms with van der Waals surface area (Å²) in [5, 5.41) is 22.0. The summed E-state index contributed by atoms with van der Waals surface area (Å²) in [7, 11) is 0. The molecule has 0 bridgehead atoms. The Kier molecular flexibility index (Phi) is 4.90. The molecule has 0 radical (unpaired) electrons. The number of nitro benzene ring substituents is 2. The lowest BCUT2D eigenvalue weighted by Gasteiger charge is -2.02. The maximum atomic E-state index is 11.2. The number of nitro groups is 2. The highest BCUT2D eigenvalue weighted by molar-refractivity contribution is 5.53. The van der Waals surface area contributed by atoms with Crippen molar-refractivity contribution in [2.24, 2.45) is 0 Å². The predicted molar refractivity (Wildman–Crippen MR) is 80.6 cm³/mol. The molecular weight excluding hydrogens is 336 g/mol. The minimum Gasteiger partial charge on any atom is -1.00 e. The van der Waals surface area contributed by atoms with E-state index < -0.39 is 9.85 Å². The molecule has 8 nitrogen and oxygen atoms in total. The van der Waals surface area contributed by atoms with E-state index in [0.717, 1.165) is 11.8 Å². The van der Waals surface area contributed by atoms with Crippen LogP contribution in [-0.2, 0) is 0 Å². The zero-order chi connectivity index (χ0) is 16.4. The third kappa shape index (κ3) is 3.23. The van der Waals surface area contributed by atoms with E-state index in [1.54, 1.807) is 29.1 Å². The molecule has 0 saturated heterocycles. The first-order chi connectivity index (χ1) is 11.1. The number of pyridine rings is 1. The van der Waals surface area contributed by atoms with Gasteiger partial charge in [0.1, 0.15) is 6.07 Å². The fraction of sp³-hybridized carbons (Fsp3) is 0. The second-order valence-electron chi connectivity index (χ2n) is 4.74. The van der Waals surface area contributed by atoms with Gasteiger partial charge in [-0.15, -0.1) is 0 Å². The van der Waals surface area contributed by atoms with E-state index in [1.165, 1.54) is 12.1 Å². The lowest BCUT2D eigenvalue weighted by molar-refractivity contribution is -0.600. The summed E-state index contributed by atoms with van der Waals surface area (Å²) in [5.41, 5.74) is 0.526. The van der Waals surface area contributed by atoms with Gasteiger partial charge in [0.2, 0.25) is 0 Å². The van der Waals surface area contributed by atoms with E-state index in [1.807, 2.05) is 29.1 Å². The molecule has 3 rings (SSSR count). The second kappa shape index (κ2) is 6.88. The molecule has 0 saturated carbocycles. The Bertz CT molecular complexity index is 879. The standard InChI is InChI=1S/C15H11N4O4.ClH/c20-18(21)13-3-4-14(15(11-13)19(22)23)17-9-5-12(6-10-17)16-7-1-2-8-16;/h1-11H;1H/q+1;/p-1. The molecule has 122 valence electrons. The molecule has 2 heterocycles. The summed E-state index contributed by atoms with van der Waals surface area (Å²) in [6.07, 6.45) is 7.11. The van der Waals surface area contributed by atoms with Crippen LogP contribution >= 0.6 is 0 Å². The van der Waals surface area contributed by atoms with Crippen LogP contribution < -0.4 is 17.0 Å². The van der Waals surface area contributed by atoms with Crippen molar-refractivity contribution in [3.05, 3.63) is 87.5 Å². The maximum Gasteiger partial charge on any atom is 0.347 e. The van der Waals surface area contributed by atoms with Crippen LogP contribution in [0.4, 0.5) is 11.4 Å². The SMILES string of the molecule is O=[N+]([O-])c1ccc(-[n+]2ccc(-n3cccc3)cc2)c([N+](=O)[O-])c1.[Cl-]. The topological polar surface area (TPSA) is 95.1 Å². The lowest BCUT2D eigenvalue weighted by Crippen LogP contribution is -3.00. The minimum atomic E-state index is -0.656. The predicted octanol–water partition coefficient (Wildman–Crippen LogP) is -0.426. The van der Waals surface area contributed by atoms with Crippen molar-refractivity contribution < 1.29 is 26.8 Å². The molecule has 1 aromatic carbocycles. The van der Waals surface area contributed by atoms with E-state index in [4.69, 9.17) is 0 Å². The van der Waals surface area contributed by atoms with Gasteiger partial charge in [-0.25, -0.2) is 0 Å². The first-order valence-corrected chi connectivity index (χ1v) is 6.64. The number of hydrogen-bond donors (Lipinski definition) is 0. The van der Waals surface area contributed by atoms with Crippen LogP contribution in [0.1, 0.15) is 0 Å². The Morgan fingerprint density at radius 2 is 1.54 bits per heavy atom. The Morgan fingerprint density at radius 3 is 2.08 bits per heavy atom. The van der Waals surface area contributed by atoms with E-state index in [0.29, 0.717) is 0 Å². The smallest absolute Gasteiger partial charge is 0.347 e. The molecule has 0 fully saturated rings. The molecule has 0 atom stereocenters. The highest BCUT2D eigenvalue weighted by atomic mass is 35.5. The van der Waals surface area contributed by atoms with Crippen LogP contribution in [0.5, 0.6) is 0 Å². The zero-order valence-corrected chi connectivity index (χ0v) is 12.9. The molecular formula is C15H11ClN4O4. The van der Waals surface area contributed by atoms with E-state index in [9.17, 15) is 20.2 Å². The average Bonchev–Trinajstić information content (AvgIpc) is 3.09.